The van der Waals surface area contributed by atoms with E-state index in [0.717, 1.165) is 0 Å². The van der Waals surface area contributed by atoms with Gasteiger partial charge in [-0.3, -0.25) is 9.69 Å². The summed E-state index contributed by atoms with van der Waals surface area (Å²) < 4.78 is 0. The van der Waals surface area contributed by atoms with E-state index in [-0.39, 0.29) is 5.75 Å². The molecule has 0 spiro atoms. The highest BCUT2D eigenvalue weighted by atomic mass is 16.4. The summed E-state index contributed by atoms with van der Waals surface area (Å²) >= 11 is 0. The maximum absolute atomic E-state index is 10.9. The van der Waals surface area contributed by atoms with Crippen molar-refractivity contribution in [2.75, 3.05) is 14.1 Å². The summed E-state index contributed by atoms with van der Waals surface area (Å²) in [6.45, 7) is 0. The van der Waals surface area contributed by atoms with Gasteiger partial charge in [0.25, 0.3) is 0 Å². The molecule has 1 aromatic carbocycles. The molecule has 0 aliphatic heterocycles. The number of likely N-dealkylation sites (N-methyl/N-ethyl adjacent to an activating group) is 1. The number of aliphatic carboxylic acids is 1. The molecule has 4 heteroatoms. The lowest BCUT2D eigenvalue weighted by molar-refractivity contribution is -0.142. The van der Waals surface area contributed by atoms with Gasteiger partial charge in [-0.15, -0.1) is 0 Å². The van der Waals surface area contributed by atoms with Gasteiger partial charge in [-0.25, -0.2) is 0 Å². The van der Waals surface area contributed by atoms with E-state index in [2.05, 4.69) is 0 Å². The Balaban J connectivity index is 3.00. The Bertz CT molecular complexity index is 319. The Morgan fingerprint density at radius 2 is 1.79 bits per heavy atom. The van der Waals surface area contributed by atoms with E-state index in [1.54, 1.807) is 31.1 Å². The van der Waals surface area contributed by atoms with Crippen LogP contribution in [0, 0.1) is 0 Å². The van der Waals surface area contributed by atoms with Crippen molar-refractivity contribution in [1.82, 2.24) is 4.90 Å². The number of hydrogen-bond acceptors (Lipinski definition) is 3. The fourth-order valence-corrected chi connectivity index (χ4v) is 1.32. The van der Waals surface area contributed by atoms with Crippen LogP contribution in [0.5, 0.6) is 5.75 Å². The molecule has 2 N–H and O–H groups in total. The van der Waals surface area contributed by atoms with E-state index >= 15 is 0 Å². The third-order valence-corrected chi connectivity index (χ3v) is 1.96. The SMILES string of the molecule is CN(C)C(C(=O)O)c1ccc(O)cc1. The predicted molar refractivity (Wildman–Crippen MR) is 52.2 cm³/mol. The molecule has 1 atom stereocenters. The second-order valence-corrected chi connectivity index (χ2v) is 3.30. The fraction of sp³-hybridized carbons (Fsp3) is 0.300. The Kier molecular flexibility index (Phi) is 3.09. The molecular formula is C10H13NO3. The predicted octanol–water partition coefficient (Wildman–Crippen LogP) is 1.08. The van der Waals surface area contributed by atoms with Gasteiger partial charge < -0.3 is 10.2 Å². The minimum absolute atomic E-state index is 0.136. The zero-order valence-electron chi connectivity index (χ0n) is 8.14. The topological polar surface area (TPSA) is 60.8 Å². The van der Waals surface area contributed by atoms with E-state index in [4.69, 9.17) is 10.2 Å². The molecule has 1 aromatic rings. The summed E-state index contributed by atoms with van der Waals surface area (Å²) in [6.07, 6.45) is 0. The van der Waals surface area contributed by atoms with Crippen LogP contribution in [-0.4, -0.2) is 35.2 Å². The summed E-state index contributed by atoms with van der Waals surface area (Å²) in [5.74, 6) is -0.766. The molecule has 0 heterocycles. The smallest absolute Gasteiger partial charge is 0.325 e. The molecule has 0 radical (unpaired) electrons. The largest absolute Gasteiger partial charge is 0.508 e. The van der Waals surface area contributed by atoms with Gasteiger partial charge in [0.05, 0.1) is 0 Å². The Hall–Kier alpha value is -1.55. The molecule has 0 fully saturated rings. The molecule has 0 saturated carbocycles. The van der Waals surface area contributed by atoms with Gasteiger partial charge in [0.15, 0.2) is 0 Å². The minimum atomic E-state index is -0.902. The van der Waals surface area contributed by atoms with Crippen LogP contribution in [0.25, 0.3) is 0 Å². The summed E-state index contributed by atoms with van der Waals surface area (Å²) in [5, 5.41) is 18.0. The second-order valence-electron chi connectivity index (χ2n) is 3.30. The van der Waals surface area contributed by atoms with E-state index in [1.807, 2.05) is 0 Å². The van der Waals surface area contributed by atoms with Gasteiger partial charge in [-0.05, 0) is 31.8 Å². The average molecular weight is 195 g/mol. The lowest BCUT2D eigenvalue weighted by atomic mass is 10.1. The highest BCUT2D eigenvalue weighted by molar-refractivity contribution is 5.75. The number of carboxylic acids is 1. The van der Waals surface area contributed by atoms with E-state index in [0.29, 0.717) is 5.56 Å². The van der Waals surface area contributed by atoms with Crippen LogP contribution in [-0.2, 0) is 4.79 Å². The third-order valence-electron chi connectivity index (χ3n) is 1.96. The van der Waals surface area contributed by atoms with Crippen molar-refractivity contribution in [2.24, 2.45) is 0 Å². The van der Waals surface area contributed by atoms with Gasteiger partial charge in [0.2, 0.25) is 0 Å². The van der Waals surface area contributed by atoms with Gasteiger partial charge >= 0.3 is 5.97 Å². The van der Waals surface area contributed by atoms with E-state index in [1.165, 1.54) is 12.1 Å². The first-order valence-electron chi connectivity index (χ1n) is 4.20. The van der Waals surface area contributed by atoms with Crippen molar-refractivity contribution in [3.8, 4) is 5.75 Å². The number of phenolic OH excluding ortho intramolecular Hbond substituents is 1. The number of phenols is 1. The van der Waals surface area contributed by atoms with Crippen LogP contribution < -0.4 is 0 Å². The Labute approximate surface area is 82.4 Å². The van der Waals surface area contributed by atoms with Crippen LogP contribution in [0.2, 0.25) is 0 Å². The number of aromatic hydroxyl groups is 1. The molecule has 1 rings (SSSR count). The molecule has 0 aliphatic carbocycles. The summed E-state index contributed by atoms with van der Waals surface area (Å²) in [4.78, 5) is 12.5. The van der Waals surface area contributed by atoms with Crippen molar-refractivity contribution in [1.29, 1.82) is 0 Å². The third kappa shape index (κ3) is 2.23. The molecule has 0 amide bonds. The maximum Gasteiger partial charge on any atom is 0.325 e. The quantitative estimate of drug-likeness (QED) is 0.757. The lowest BCUT2D eigenvalue weighted by Gasteiger charge is -2.20. The van der Waals surface area contributed by atoms with Gasteiger partial charge in [0, 0.05) is 0 Å². The second kappa shape index (κ2) is 4.11. The standard InChI is InChI=1S/C10H13NO3/c1-11(2)9(10(13)14)7-3-5-8(12)6-4-7/h3-6,9,12H,1-2H3,(H,13,14). The number of carboxylic acid groups (broad SMARTS) is 1. The van der Waals surface area contributed by atoms with E-state index < -0.39 is 12.0 Å². The summed E-state index contributed by atoms with van der Waals surface area (Å²) in [6, 6.07) is 5.50. The van der Waals surface area contributed by atoms with Crippen molar-refractivity contribution in [2.45, 2.75) is 6.04 Å². The normalized spacial score (nSPS) is 12.8. The monoisotopic (exact) mass is 195 g/mol. The molecule has 0 saturated heterocycles. The molecule has 0 bridgehead atoms. The first-order chi connectivity index (χ1) is 6.52. The van der Waals surface area contributed by atoms with Crippen LogP contribution in [0.1, 0.15) is 11.6 Å². The van der Waals surface area contributed by atoms with Gasteiger partial charge in [0.1, 0.15) is 11.8 Å². The van der Waals surface area contributed by atoms with Crippen LogP contribution in [0.15, 0.2) is 24.3 Å². The lowest BCUT2D eigenvalue weighted by Crippen LogP contribution is -2.27. The summed E-state index contributed by atoms with van der Waals surface area (Å²) in [7, 11) is 3.40. The zero-order chi connectivity index (χ0) is 10.7. The number of rotatable bonds is 3. The Morgan fingerprint density at radius 3 is 2.14 bits per heavy atom. The number of benzene rings is 1. The zero-order valence-corrected chi connectivity index (χ0v) is 8.14. The van der Waals surface area contributed by atoms with Crippen LogP contribution >= 0.6 is 0 Å². The van der Waals surface area contributed by atoms with Crippen LogP contribution in [0.3, 0.4) is 0 Å². The summed E-state index contributed by atoms with van der Waals surface area (Å²) in [5.41, 5.74) is 0.653. The number of nitrogens with zero attached hydrogens (tertiary/aromatic N) is 1. The van der Waals surface area contributed by atoms with Crippen molar-refractivity contribution in [3.05, 3.63) is 29.8 Å². The first kappa shape index (κ1) is 10.5. The molecular weight excluding hydrogens is 182 g/mol. The average Bonchev–Trinajstić information content (AvgIpc) is 2.07. The van der Waals surface area contributed by atoms with Crippen molar-refractivity contribution in [3.63, 3.8) is 0 Å². The molecule has 1 unspecified atom stereocenters. The van der Waals surface area contributed by atoms with E-state index in [9.17, 15) is 4.79 Å². The minimum Gasteiger partial charge on any atom is -0.508 e. The highest BCUT2D eigenvalue weighted by Crippen LogP contribution is 2.20. The van der Waals surface area contributed by atoms with Crippen molar-refractivity contribution < 1.29 is 15.0 Å². The molecule has 76 valence electrons. The number of carbonyl (C=O) groups is 1. The maximum atomic E-state index is 10.9. The highest BCUT2D eigenvalue weighted by Gasteiger charge is 2.21. The first-order valence-corrected chi connectivity index (χ1v) is 4.20. The van der Waals surface area contributed by atoms with Gasteiger partial charge in [-0.1, -0.05) is 12.1 Å². The van der Waals surface area contributed by atoms with Gasteiger partial charge in [-0.2, -0.15) is 0 Å². The molecule has 0 aliphatic rings. The fourth-order valence-electron chi connectivity index (χ4n) is 1.32. The molecule has 14 heavy (non-hydrogen) atoms. The molecule has 0 aromatic heterocycles. The molecule has 4 nitrogen and oxygen atoms in total. The van der Waals surface area contributed by atoms with Crippen molar-refractivity contribution >= 4 is 5.97 Å². The number of hydrogen-bond donors (Lipinski definition) is 2. The Morgan fingerprint density at radius 1 is 1.29 bits per heavy atom. The van der Waals surface area contributed by atoms with Crippen LogP contribution in [0.4, 0.5) is 0 Å².